The molecule has 0 aliphatic rings. The summed E-state index contributed by atoms with van der Waals surface area (Å²) in [5.41, 5.74) is 0.746. The van der Waals surface area contributed by atoms with Gasteiger partial charge in [-0.2, -0.15) is 4.31 Å². The Morgan fingerprint density at radius 1 is 1.43 bits per heavy atom. The monoisotopic (exact) mass is 319 g/mol. The Balaban J connectivity index is 3.22. The van der Waals surface area contributed by atoms with Crippen LogP contribution in [0.15, 0.2) is 29.2 Å². The van der Waals surface area contributed by atoms with Gasteiger partial charge in [0.25, 0.3) is 6.43 Å². The zero-order chi connectivity index (χ0) is 16.2. The van der Waals surface area contributed by atoms with E-state index in [1.165, 1.54) is 25.1 Å². The van der Waals surface area contributed by atoms with Crippen LogP contribution < -0.4 is 0 Å². The van der Waals surface area contributed by atoms with E-state index < -0.39 is 29.0 Å². The van der Waals surface area contributed by atoms with E-state index in [0.717, 1.165) is 13.1 Å². The highest BCUT2D eigenvalue weighted by molar-refractivity contribution is 7.89. The molecule has 116 valence electrons. The van der Waals surface area contributed by atoms with Crippen LogP contribution in [0.25, 0.3) is 6.08 Å². The lowest BCUT2D eigenvalue weighted by molar-refractivity contribution is -0.131. The van der Waals surface area contributed by atoms with Crippen LogP contribution in [0.2, 0.25) is 0 Å². The third kappa shape index (κ3) is 4.61. The molecule has 1 aromatic rings. The van der Waals surface area contributed by atoms with Gasteiger partial charge in [-0.05, 0) is 30.2 Å². The van der Waals surface area contributed by atoms with Crippen molar-refractivity contribution in [1.82, 2.24) is 4.31 Å². The van der Waals surface area contributed by atoms with Crippen LogP contribution in [0.4, 0.5) is 8.78 Å². The summed E-state index contributed by atoms with van der Waals surface area (Å²) >= 11 is 0. The standard InChI is InChI=1S/C13H15F2NO4S/c1-9-3-4-10(5-6-13(17)18)7-11(9)21(19,20)16(2)8-12(14)15/h3-7,12H,8H2,1-2H3,(H,17,18)/b6-5+. The Morgan fingerprint density at radius 2 is 2.05 bits per heavy atom. The lowest BCUT2D eigenvalue weighted by Crippen LogP contribution is -2.31. The lowest BCUT2D eigenvalue weighted by atomic mass is 10.1. The van der Waals surface area contributed by atoms with Crippen LogP contribution in [0.3, 0.4) is 0 Å². The number of halogens is 2. The van der Waals surface area contributed by atoms with Crippen molar-refractivity contribution in [3.63, 3.8) is 0 Å². The van der Waals surface area contributed by atoms with Crippen LogP contribution in [-0.4, -0.2) is 43.8 Å². The Bertz CT molecular complexity index is 656. The summed E-state index contributed by atoms with van der Waals surface area (Å²) in [6.07, 6.45) is -0.683. The fourth-order valence-corrected chi connectivity index (χ4v) is 3.03. The fraction of sp³-hybridized carbons (Fsp3) is 0.308. The zero-order valence-corrected chi connectivity index (χ0v) is 12.3. The number of carboxylic acid groups (broad SMARTS) is 1. The number of carboxylic acids is 1. The molecular formula is C13H15F2NO4S. The molecule has 0 aliphatic heterocycles. The molecule has 0 aliphatic carbocycles. The third-order valence-electron chi connectivity index (χ3n) is 2.71. The van der Waals surface area contributed by atoms with Crippen LogP contribution >= 0.6 is 0 Å². The molecule has 0 bridgehead atoms. The number of rotatable bonds is 6. The topological polar surface area (TPSA) is 74.7 Å². The van der Waals surface area contributed by atoms with Gasteiger partial charge in [0.05, 0.1) is 11.4 Å². The molecule has 0 amide bonds. The third-order valence-corrected chi connectivity index (χ3v) is 4.68. The average molecular weight is 319 g/mol. The summed E-state index contributed by atoms with van der Waals surface area (Å²) in [6.45, 7) is 0.630. The van der Waals surface area contributed by atoms with Crippen LogP contribution in [0, 0.1) is 6.92 Å². The summed E-state index contributed by atoms with van der Waals surface area (Å²) in [5.74, 6) is -1.17. The van der Waals surface area contributed by atoms with Crippen molar-refractivity contribution in [2.45, 2.75) is 18.2 Å². The summed E-state index contributed by atoms with van der Waals surface area (Å²) in [7, 11) is -2.98. The van der Waals surface area contributed by atoms with Gasteiger partial charge >= 0.3 is 5.97 Å². The van der Waals surface area contributed by atoms with Crippen molar-refractivity contribution >= 4 is 22.1 Å². The first-order chi connectivity index (χ1) is 9.64. The van der Waals surface area contributed by atoms with Crippen molar-refractivity contribution < 1.29 is 27.1 Å². The van der Waals surface area contributed by atoms with Gasteiger partial charge in [-0.25, -0.2) is 22.0 Å². The first-order valence-electron chi connectivity index (χ1n) is 5.90. The van der Waals surface area contributed by atoms with Crippen LogP contribution in [0.5, 0.6) is 0 Å². The second-order valence-corrected chi connectivity index (χ2v) is 6.39. The highest BCUT2D eigenvalue weighted by Gasteiger charge is 2.25. The maximum absolute atomic E-state index is 12.3. The molecule has 0 unspecified atom stereocenters. The number of alkyl halides is 2. The minimum absolute atomic E-state index is 0.127. The van der Waals surface area contributed by atoms with E-state index in [1.54, 1.807) is 6.07 Å². The molecule has 0 fully saturated rings. The molecule has 0 spiro atoms. The first kappa shape index (κ1) is 17.3. The molecule has 0 radical (unpaired) electrons. The Morgan fingerprint density at radius 3 is 2.57 bits per heavy atom. The predicted octanol–water partition coefficient (Wildman–Crippen LogP) is 1.98. The van der Waals surface area contributed by atoms with Gasteiger partial charge in [0.2, 0.25) is 10.0 Å². The van der Waals surface area contributed by atoms with Crippen molar-refractivity contribution in [1.29, 1.82) is 0 Å². The number of nitrogens with zero attached hydrogens (tertiary/aromatic N) is 1. The number of aryl methyl sites for hydroxylation is 1. The molecule has 0 heterocycles. The van der Waals surface area contributed by atoms with Gasteiger partial charge in [-0.1, -0.05) is 12.1 Å². The molecule has 0 saturated carbocycles. The highest BCUT2D eigenvalue weighted by Crippen LogP contribution is 2.21. The summed E-state index contributed by atoms with van der Waals surface area (Å²) < 4.78 is 49.7. The molecule has 5 nitrogen and oxygen atoms in total. The molecule has 0 aromatic heterocycles. The Hall–Kier alpha value is -1.80. The lowest BCUT2D eigenvalue weighted by Gasteiger charge is -2.18. The number of carbonyl (C=O) groups is 1. The van der Waals surface area contributed by atoms with Crippen LogP contribution in [0.1, 0.15) is 11.1 Å². The fourth-order valence-electron chi connectivity index (χ4n) is 1.63. The quantitative estimate of drug-likeness (QED) is 0.814. The predicted molar refractivity (Wildman–Crippen MR) is 73.7 cm³/mol. The Labute approximate surface area is 121 Å². The van der Waals surface area contributed by atoms with E-state index in [0.29, 0.717) is 15.4 Å². The number of aliphatic carboxylic acids is 1. The largest absolute Gasteiger partial charge is 0.478 e. The summed E-state index contributed by atoms with van der Waals surface area (Å²) in [4.78, 5) is 10.3. The minimum atomic E-state index is -4.05. The molecule has 0 atom stereocenters. The summed E-state index contributed by atoms with van der Waals surface area (Å²) in [5, 5.41) is 8.55. The van der Waals surface area contributed by atoms with Crippen molar-refractivity contribution in [3.8, 4) is 0 Å². The van der Waals surface area contributed by atoms with E-state index >= 15 is 0 Å². The smallest absolute Gasteiger partial charge is 0.328 e. The second kappa shape index (κ2) is 6.77. The molecule has 1 rings (SSSR count). The maximum Gasteiger partial charge on any atom is 0.328 e. The number of benzene rings is 1. The van der Waals surface area contributed by atoms with Crippen molar-refractivity contribution in [2.24, 2.45) is 0 Å². The SMILES string of the molecule is Cc1ccc(/C=C/C(=O)O)cc1S(=O)(=O)N(C)CC(F)F. The minimum Gasteiger partial charge on any atom is -0.478 e. The zero-order valence-electron chi connectivity index (χ0n) is 11.5. The molecule has 1 aromatic carbocycles. The van der Waals surface area contributed by atoms with Crippen molar-refractivity contribution in [3.05, 3.63) is 35.4 Å². The van der Waals surface area contributed by atoms with E-state index in [4.69, 9.17) is 5.11 Å². The van der Waals surface area contributed by atoms with Gasteiger partial charge in [0, 0.05) is 13.1 Å². The molecule has 1 N–H and O–H groups in total. The molecule has 21 heavy (non-hydrogen) atoms. The van der Waals surface area contributed by atoms with Gasteiger partial charge < -0.3 is 5.11 Å². The molecule has 8 heteroatoms. The number of hydrogen-bond donors (Lipinski definition) is 1. The maximum atomic E-state index is 12.3. The number of hydrogen-bond acceptors (Lipinski definition) is 3. The van der Waals surface area contributed by atoms with Gasteiger partial charge in [0.1, 0.15) is 0 Å². The van der Waals surface area contributed by atoms with Gasteiger partial charge in [-0.3, -0.25) is 0 Å². The van der Waals surface area contributed by atoms with Crippen LogP contribution in [-0.2, 0) is 14.8 Å². The van der Waals surface area contributed by atoms with Gasteiger partial charge in [-0.15, -0.1) is 0 Å². The highest BCUT2D eigenvalue weighted by atomic mass is 32.2. The van der Waals surface area contributed by atoms with E-state index in [9.17, 15) is 22.0 Å². The van der Waals surface area contributed by atoms with Gasteiger partial charge in [0.15, 0.2) is 0 Å². The molecule has 0 saturated heterocycles. The molecular weight excluding hydrogens is 304 g/mol. The number of sulfonamides is 1. The van der Waals surface area contributed by atoms with E-state index in [-0.39, 0.29) is 4.90 Å². The average Bonchev–Trinajstić information content (AvgIpc) is 2.36. The van der Waals surface area contributed by atoms with E-state index in [2.05, 4.69) is 0 Å². The Kier molecular flexibility index (Phi) is 5.56. The summed E-state index contributed by atoms with van der Waals surface area (Å²) in [6, 6.07) is 4.29. The normalized spacial score (nSPS) is 12.5. The first-order valence-corrected chi connectivity index (χ1v) is 7.34. The second-order valence-electron chi connectivity index (χ2n) is 4.37. The van der Waals surface area contributed by atoms with Crippen molar-refractivity contribution in [2.75, 3.05) is 13.6 Å². The van der Waals surface area contributed by atoms with E-state index in [1.807, 2.05) is 0 Å².